The Bertz CT molecular complexity index is 495. The minimum Gasteiger partial charge on any atom is -0.358 e. The second kappa shape index (κ2) is 6.13. The third-order valence-electron chi connectivity index (χ3n) is 3.65. The van der Waals surface area contributed by atoms with E-state index in [4.69, 9.17) is 9.57 Å². The smallest absolute Gasteiger partial charge is 0.358 e. The largest absolute Gasteiger partial charge is 0.443 e. The van der Waals surface area contributed by atoms with Crippen molar-refractivity contribution >= 4 is 0 Å². The van der Waals surface area contributed by atoms with E-state index in [1.807, 2.05) is 0 Å². The van der Waals surface area contributed by atoms with Crippen LogP contribution in [0.15, 0.2) is 30.3 Å². The number of hydroxylamine groups is 2. The maximum Gasteiger partial charge on any atom is 0.443 e. The van der Waals surface area contributed by atoms with Crippen molar-refractivity contribution in [2.24, 2.45) is 5.92 Å². The maximum absolute atomic E-state index is 13.1. The van der Waals surface area contributed by atoms with Gasteiger partial charge in [-0.3, -0.25) is 4.84 Å². The lowest BCUT2D eigenvalue weighted by Crippen LogP contribution is -2.56. The zero-order valence-electron chi connectivity index (χ0n) is 12.1. The molecule has 0 unspecified atom stereocenters. The summed E-state index contributed by atoms with van der Waals surface area (Å²) in [6.07, 6.45) is -6.66. The number of hydrogen-bond acceptors (Lipinski definition) is 5. The van der Waals surface area contributed by atoms with E-state index in [0.29, 0.717) is 5.56 Å². The van der Waals surface area contributed by atoms with Crippen LogP contribution in [0.5, 0.6) is 0 Å². The normalized spacial score (nSPS) is 27.3. The van der Waals surface area contributed by atoms with Crippen LogP contribution in [-0.4, -0.2) is 47.2 Å². The lowest BCUT2D eigenvalue weighted by molar-refractivity contribution is -0.384. The Morgan fingerprint density at radius 3 is 2.32 bits per heavy atom. The van der Waals surface area contributed by atoms with Gasteiger partial charge in [0.05, 0.1) is 12.0 Å². The van der Waals surface area contributed by atoms with Crippen LogP contribution in [-0.2, 0) is 9.57 Å². The standard InChI is InChI=1S/C14H18F3NO4/c1-3-21-12-10(13(19,20)14(15,16)17)11(18(2)22-12)9-7-5-4-6-8-9/h4-8,10-12,19-20H,3H2,1-2H3/t10-,11-,12-/m1/s1. The molecule has 0 spiro atoms. The summed E-state index contributed by atoms with van der Waals surface area (Å²) in [6, 6.07) is 7.19. The average molecular weight is 321 g/mol. The Balaban J connectivity index is 2.46. The highest BCUT2D eigenvalue weighted by molar-refractivity contribution is 5.21. The molecule has 1 saturated heterocycles. The lowest BCUT2D eigenvalue weighted by Gasteiger charge is -2.35. The summed E-state index contributed by atoms with van der Waals surface area (Å²) in [6.45, 7) is 1.66. The number of hydrogen-bond donors (Lipinski definition) is 2. The molecule has 8 heteroatoms. The number of benzene rings is 1. The summed E-state index contributed by atoms with van der Waals surface area (Å²) in [7, 11) is 1.43. The van der Waals surface area contributed by atoms with Crippen LogP contribution in [0, 0.1) is 5.92 Å². The number of rotatable bonds is 4. The molecule has 22 heavy (non-hydrogen) atoms. The molecule has 0 bridgehead atoms. The number of alkyl halides is 3. The molecule has 1 aliphatic heterocycles. The van der Waals surface area contributed by atoms with Gasteiger partial charge in [-0.05, 0) is 12.5 Å². The molecule has 2 rings (SSSR count). The van der Waals surface area contributed by atoms with Gasteiger partial charge in [-0.15, -0.1) is 0 Å². The molecule has 124 valence electrons. The van der Waals surface area contributed by atoms with Gasteiger partial charge in [0.15, 0.2) is 6.29 Å². The van der Waals surface area contributed by atoms with Crippen LogP contribution in [0.3, 0.4) is 0 Å². The number of nitrogens with zero attached hydrogens (tertiary/aromatic N) is 1. The second-order valence-electron chi connectivity index (χ2n) is 5.08. The topological polar surface area (TPSA) is 62.2 Å². The molecule has 1 aliphatic rings. The van der Waals surface area contributed by atoms with Gasteiger partial charge >= 0.3 is 6.18 Å². The van der Waals surface area contributed by atoms with Crippen LogP contribution in [0.1, 0.15) is 18.5 Å². The van der Waals surface area contributed by atoms with Gasteiger partial charge in [-0.1, -0.05) is 30.3 Å². The first-order chi connectivity index (χ1) is 10.2. The summed E-state index contributed by atoms with van der Waals surface area (Å²) in [4.78, 5) is 5.25. The van der Waals surface area contributed by atoms with Gasteiger partial charge in [-0.25, -0.2) is 0 Å². The van der Waals surface area contributed by atoms with E-state index in [-0.39, 0.29) is 6.61 Å². The minimum absolute atomic E-state index is 0.0739. The van der Waals surface area contributed by atoms with Crippen molar-refractivity contribution < 1.29 is 33.0 Å². The van der Waals surface area contributed by atoms with Gasteiger partial charge in [-0.2, -0.15) is 18.2 Å². The molecule has 0 aromatic heterocycles. The van der Waals surface area contributed by atoms with Crippen molar-refractivity contribution in [3.8, 4) is 0 Å². The van der Waals surface area contributed by atoms with Crippen molar-refractivity contribution in [3.05, 3.63) is 35.9 Å². The number of halogens is 3. The van der Waals surface area contributed by atoms with Gasteiger partial charge in [0, 0.05) is 13.7 Å². The fraction of sp³-hybridized carbons (Fsp3) is 0.571. The molecular weight excluding hydrogens is 303 g/mol. The van der Waals surface area contributed by atoms with E-state index < -0.39 is 30.2 Å². The third kappa shape index (κ3) is 2.97. The fourth-order valence-corrected chi connectivity index (χ4v) is 2.63. The molecular formula is C14H18F3NO4. The Labute approximate surface area is 125 Å². The average Bonchev–Trinajstić information content (AvgIpc) is 2.76. The van der Waals surface area contributed by atoms with Crippen molar-refractivity contribution in [2.75, 3.05) is 13.7 Å². The highest BCUT2D eigenvalue weighted by Crippen LogP contribution is 2.48. The first kappa shape index (κ1) is 17.2. The predicted octanol–water partition coefficient (Wildman–Crippen LogP) is 1.83. The monoisotopic (exact) mass is 321 g/mol. The van der Waals surface area contributed by atoms with Crippen LogP contribution >= 0.6 is 0 Å². The molecule has 0 radical (unpaired) electrons. The van der Waals surface area contributed by atoms with Crippen LogP contribution < -0.4 is 0 Å². The highest BCUT2D eigenvalue weighted by atomic mass is 19.4. The van der Waals surface area contributed by atoms with Gasteiger partial charge in [0.1, 0.15) is 0 Å². The van der Waals surface area contributed by atoms with E-state index in [9.17, 15) is 23.4 Å². The molecule has 0 amide bonds. The van der Waals surface area contributed by atoms with Gasteiger partial charge in [0.2, 0.25) is 0 Å². The zero-order valence-corrected chi connectivity index (χ0v) is 12.1. The van der Waals surface area contributed by atoms with Gasteiger partial charge in [0.25, 0.3) is 5.79 Å². The predicted molar refractivity (Wildman–Crippen MR) is 70.2 cm³/mol. The molecule has 0 aliphatic carbocycles. The number of ether oxygens (including phenoxy) is 1. The van der Waals surface area contributed by atoms with Crippen LogP contribution in [0.2, 0.25) is 0 Å². The minimum atomic E-state index is -5.24. The van der Waals surface area contributed by atoms with E-state index in [2.05, 4.69) is 0 Å². The van der Waals surface area contributed by atoms with E-state index in [1.54, 1.807) is 37.3 Å². The number of aliphatic hydroxyl groups is 2. The Hall–Kier alpha value is -1.19. The molecule has 1 aromatic carbocycles. The van der Waals surface area contributed by atoms with Crippen molar-refractivity contribution in [3.63, 3.8) is 0 Å². The lowest BCUT2D eigenvalue weighted by atomic mass is 9.86. The van der Waals surface area contributed by atoms with Gasteiger partial charge < -0.3 is 14.9 Å². The highest BCUT2D eigenvalue weighted by Gasteiger charge is 2.66. The summed E-state index contributed by atoms with van der Waals surface area (Å²) < 4.78 is 44.4. The van der Waals surface area contributed by atoms with E-state index >= 15 is 0 Å². The second-order valence-corrected chi connectivity index (χ2v) is 5.08. The fourth-order valence-electron chi connectivity index (χ4n) is 2.63. The SMILES string of the molecule is CCO[C@@H]1ON(C)[C@H](c2ccccc2)[C@H]1C(O)(O)C(F)(F)F. The molecule has 1 aromatic rings. The summed E-state index contributed by atoms with van der Waals surface area (Å²) in [5.74, 6) is -5.70. The molecule has 0 saturated carbocycles. The first-order valence-corrected chi connectivity index (χ1v) is 6.77. The van der Waals surface area contributed by atoms with Crippen molar-refractivity contribution in [2.45, 2.75) is 31.2 Å². The zero-order chi connectivity index (χ0) is 16.5. The van der Waals surface area contributed by atoms with E-state index in [1.165, 1.54) is 7.05 Å². The van der Waals surface area contributed by atoms with E-state index in [0.717, 1.165) is 5.06 Å². The summed E-state index contributed by atoms with van der Waals surface area (Å²) in [5.41, 5.74) is 0.467. The van der Waals surface area contributed by atoms with Crippen molar-refractivity contribution in [1.29, 1.82) is 0 Å². The molecule has 3 atom stereocenters. The Kier molecular flexibility index (Phi) is 4.78. The first-order valence-electron chi connectivity index (χ1n) is 6.77. The molecule has 1 fully saturated rings. The summed E-state index contributed by atoms with van der Waals surface area (Å²) >= 11 is 0. The molecule has 5 nitrogen and oxygen atoms in total. The summed E-state index contributed by atoms with van der Waals surface area (Å²) in [5, 5.41) is 20.6. The Morgan fingerprint density at radius 2 is 1.82 bits per heavy atom. The van der Waals surface area contributed by atoms with Crippen LogP contribution in [0.4, 0.5) is 13.2 Å². The molecule has 1 heterocycles. The quantitative estimate of drug-likeness (QED) is 0.829. The molecule has 2 N–H and O–H groups in total. The maximum atomic E-state index is 13.1. The van der Waals surface area contributed by atoms with Crippen molar-refractivity contribution in [1.82, 2.24) is 5.06 Å². The Morgan fingerprint density at radius 1 is 1.23 bits per heavy atom. The third-order valence-corrected chi connectivity index (χ3v) is 3.65. The van der Waals surface area contributed by atoms with Crippen LogP contribution in [0.25, 0.3) is 0 Å².